The highest BCUT2D eigenvalue weighted by Gasteiger charge is 2.48. The number of hydrogen-bond acceptors (Lipinski definition) is 5. The summed E-state index contributed by atoms with van der Waals surface area (Å²) in [4.78, 5) is 43.7. The summed E-state index contributed by atoms with van der Waals surface area (Å²) in [6, 6.07) is 6.03. The minimum atomic E-state index is -1.06. The number of halogens is 1. The SMILES string of the molecule is CC(=O)N[C@H](C(=O)N1C[C@H](O)CC1C1=NC(=O)C(C)(c2ccc(Br)cc2)N1)C(C)(C)C. The second-order valence-electron chi connectivity index (χ2n) is 9.45. The van der Waals surface area contributed by atoms with Crippen LogP contribution >= 0.6 is 15.9 Å². The lowest BCUT2D eigenvalue weighted by atomic mass is 9.85. The maximum absolute atomic E-state index is 13.4. The van der Waals surface area contributed by atoms with Gasteiger partial charge in [0.05, 0.1) is 12.1 Å². The Bertz CT molecular complexity index is 924. The fourth-order valence-corrected chi connectivity index (χ4v) is 4.29. The van der Waals surface area contributed by atoms with E-state index in [-0.39, 0.29) is 30.7 Å². The predicted molar refractivity (Wildman–Crippen MR) is 120 cm³/mol. The van der Waals surface area contributed by atoms with Crippen LogP contribution in [0.25, 0.3) is 0 Å². The van der Waals surface area contributed by atoms with Crippen LogP contribution in [-0.4, -0.2) is 58.3 Å². The van der Waals surface area contributed by atoms with E-state index in [9.17, 15) is 19.5 Å². The van der Waals surface area contributed by atoms with Gasteiger partial charge in [0.1, 0.15) is 17.4 Å². The minimum absolute atomic E-state index is 0.111. The lowest BCUT2D eigenvalue weighted by Crippen LogP contribution is -2.58. The Labute approximate surface area is 190 Å². The highest BCUT2D eigenvalue weighted by atomic mass is 79.9. The van der Waals surface area contributed by atoms with Crippen LogP contribution in [-0.2, 0) is 19.9 Å². The van der Waals surface area contributed by atoms with E-state index in [1.807, 2.05) is 45.0 Å². The van der Waals surface area contributed by atoms with Crippen LogP contribution in [0.1, 0.15) is 46.6 Å². The summed E-state index contributed by atoms with van der Waals surface area (Å²) < 4.78 is 0.897. The molecule has 168 valence electrons. The van der Waals surface area contributed by atoms with Gasteiger partial charge in [-0.25, -0.2) is 0 Å². The molecule has 31 heavy (non-hydrogen) atoms. The number of benzene rings is 1. The number of likely N-dealkylation sites (tertiary alicyclic amines) is 1. The van der Waals surface area contributed by atoms with Gasteiger partial charge in [-0.3, -0.25) is 14.4 Å². The molecule has 2 heterocycles. The molecule has 8 nitrogen and oxygen atoms in total. The van der Waals surface area contributed by atoms with E-state index in [2.05, 4.69) is 31.6 Å². The van der Waals surface area contributed by atoms with Crippen LogP contribution < -0.4 is 10.6 Å². The number of aliphatic hydroxyl groups excluding tert-OH is 1. The zero-order valence-corrected chi connectivity index (χ0v) is 20.0. The van der Waals surface area contributed by atoms with Gasteiger partial charge in [0.25, 0.3) is 5.91 Å². The Morgan fingerprint density at radius 2 is 1.94 bits per heavy atom. The molecule has 0 aromatic heterocycles. The fraction of sp³-hybridized carbons (Fsp3) is 0.545. The number of β-amino-alcohol motifs (C(OH)–C–C–N with tert-alkyl or cyclic N) is 1. The highest BCUT2D eigenvalue weighted by molar-refractivity contribution is 9.10. The second kappa shape index (κ2) is 8.35. The first-order valence-electron chi connectivity index (χ1n) is 10.3. The molecule has 1 aromatic carbocycles. The molecule has 0 aliphatic carbocycles. The van der Waals surface area contributed by atoms with E-state index in [1.54, 1.807) is 6.92 Å². The molecule has 0 radical (unpaired) electrons. The number of rotatable bonds is 4. The van der Waals surface area contributed by atoms with Gasteiger partial charge in [-0.15, -0.1) is 0 Å². The zero-order chi connectivity index (χ0) is 23.1. The summed E-state index contributed by atoms with van der Waals surface area (Å²) in [6.45, 7) is 8.83. The Hall–Kier alpha value is -2.26. The van der Waals surface area contributed by atoms with Crippen LogP contribution in [0.5, 0.6) is 0 Å². The van der Waals surface area contributed by atoms with E-state index in [1.165, 1.54) is 11.8 Å². The molecule has 1 saturated heterocycles. The number of amidine groups is 1. The molecule has 2 aliphatic rings. The molecule has 1 fully saturated rings. The van der Waals surface area contributed by atoms with E-state index in [4.69, 9.17) is 0 Å². The van der Waals surface area contributed by atoms with Gasteiger partial charge in [-0.1, -0.05) is 48.8 Å². The molecule has 3 N–H and O–H groups in total. The lowest BCUT2D eigenvalue weighted by Gasteiger charge is -2.36. The number of aliphatic hydroxyl groups is 1. The number of hydrogen-bond donors (Lipinski definition) is 3. The van der Waals surface area contributed by atoms with Gasteiger partial charge in [-0.05, 0) is 30.0 Å². The first kappa shape index (κ1) is 23.4. The Morgan fingerprint density at radius 1 is 1.32 bits per heavy atom. The largest absolute Gasteiger partial charge is 0.391 e. The predicted octanol–water partition coefficient (Wildman–Crippen LogP) is 1.71. The maximum atomic E-state index is 13.4. The van der Waals surface area contributed by atoms with Crippen molar-refractivity contribution in [3.8, 4) is 0 Å². The third-order valence-corrected chi connectivity index (χ3v) is 6.32. The molecule has 3 amide bonds. The molecule has 0 bridgehead atoms. The molecule has 4 atom stereocenters. The lowest BCUT2D eigenvalue weighted by molar-refractivity contribution is -0.139. The van der Waals surface area contributed by atoms with Crippen molar-refractivity contribution in [3.05, 3.63) is 34.3 Å². The monoisotopic (exact) mass is 492 g/mol. The summed E-state index contributed by atoms with van der Waals surface area (Å²) in [5.41, 5.74) is -0.839. The van der Waals surface area contributed by atoms with Crippen LogP contribution in [0.3, 0.4) is 0 Å². The molecule has 0 spiro atoms. The first-order valence-corrected chi connectivity index (χ1v) is 11.0. The quantitative estimate of drug-likeness (QED) is 0.592. The van der Waals surface area contributed by atoms with Crippen LogP contribution in [0, 0.1) is 5.41 Å². The number of nitrogens with one attached hydrogen (secondary N) is 2. The summed E-state index contributed by atoms with van der Waals surface area (Å²) in [6.07, 6.45) is -0.482. The van der Waals surface area contributed by atoms with Crippen molar-refractivity contribution in [2.75, 3.05) is 6.54 Å². The highest BCUT2D eigenvalue weighted by Crippen LogP contribution is 2.32. The first-order chi connectivity index (χ1) is 14.3. The van der Waals surface area contributed by atoms with E-state index in [0.29, 0.717) is 5.84 Å². The number of aliphatic imine (C=N–C) groups is 1. The van der Waals surface area contributed by atoms with Crippen molar-refractivity contribution in [1.82, 2.24) is 15.5 Å². The van der Waals surface area contributed by atoms with Crippen molar-refractivity contribution < 1.29 is 19.5 Å². The molecule has 1 aromatic rings. The van der Waals surface area contributed by atoms with Crippen LogP contribution in [0.15, 0.2) is 33.7 Å². The molecule has 2 aliphatic heterocycles. The van der Waals surface area contributed by atoms with E-state index >= 15 is 0 Å². The molecule has 0 saturated carbocycles. The fourth-order valence-electron chi connectivity index (χ4n) is 4.03. The summed E-state index contributed by atoms with van der Waals surface area (Å²) in [5, 5.41) is 16.3. The maximum Gasteiger partial charge on any atom is 0.277 e. The van der Waals surface area contributed by atoms with Gasteiger partial charge in [0.2, 0.25) is 11.8 Å². The molecular formula is C22H29BrN4O4. The number of nitrogens with zero attached hydrogens (tertiary/aromatic N) is 2. The standard InChI is InChI=1S/C22H29BrN4O4/c1-12(28)24-17(21(2,3)4)19(30)27-11-15(29)10-16(27)18-25-20(31)22(5,26-18)13-6-8-14(23)9-7-13/h6-9,15-17,29H,10-11H2,1-5H3,(H,24,28)(H,25,26,31)/t15-,16?,17-,22?/m1/s1. The Morgan fingerprint density at radius 3 is 2.48 bits per heavy atom. The Kier molecular flexibility index (Phi) is 6.30. The number of carbonyl (C=O) groups is 3. The third-order valence-electron chi connectivity index (χ3n) is 5.79. The average Bonchev–Trinajstić information content (AvgIpc) is 3.19. The zero-order valence-electron chi connectivity index (χ0n) is 18.4. The Balaban J connectivity index is 1.88. The van der Waals surface area contributed by atoms with Crippen molar-refractivity contribution in [3.63, 3.8) is 0 Å². The van der Waals surface area contributed by atoms with Gasteiger partial charge < -0.3 is 20.6 Å². The summed E-state index contributed by atoms with van der Waals surface area (Å²) in [7, 11) is 0. The van der Waals surface area contributed by atoms with Crippen molar-refractivity contribution >= 4 is 39.5 Å². The van der Waals surface area contributed by atoms with Gasteiger partial charge >= 0.3 is 0 Å². The third kappa shape index (κ3) is 4.67. The van der Waals surface area contributed by atoms with Gasteiger partial charge in [-0.2, -0.15) is 4.99 Å². The van der Waals surface area contributed by atoms with Crippen LogP contribution in [0.4, 0.5) is 0 Å². The average molecular weight is 493 g/mol. The minimum Gasteiger partial charge on any atom is -0.391 e. The topological polar surface area (TPSA) is 111 Å². The van der Waals surface area contributed by atoms with Gasteiger partial charge in [0.15, 0.2) is 0 Å². The van der Waals surface area contributed by atoms with Gasteiger partial charge in [0, 0.05) is 24.4 Å². The summed E-state index contributed by atoms with van der Waals surface area (Å²) in [5.74, 6) is -0.610. The van der Waals surface area contributed by atoms with Crippen LogP contribution in [0.2, 0.25) is 0 Å². The number of amides is 3. The smallest absolute Gasteiger partial charge is 0.277 e. The summed E-state index contributed by atoms with van der Waals surface area (Å²) >= 11 is 3.39. The van der Waals surface area contributed by atoms with E-state index < -0.39 is 29.1 Å². The molecular weight excluding hydrogens is 464 g/mol. The molecule has 2 unspecified atom stereocenters. The van der Waals surface area contributed by atoms with Crippen molar-refractivity contribution in [1.29, 1.82) is 0 Å². The number of carbonyl (C=O) groups excluding carboxylic acids is 3. The second-order valence-corrected chi connectivity index (χ2v) is 10.4. The molecule has 3 rings (SSSR count). The normalized spacial score (nSPS) is 27.0. The van der Waals surface area contributed by atoms with E-state index in [0.717, 1.165) is 10.0 Å². The van der Waals surface area contributed by atoms with Crippen molar-refractivity contribution in [2.24, 2.45) is 10.4 Å². The molecule has 9 heteroatoms. The van der Waals surface area contributed by atoms with Crippen molar-refractivity contribution in [2.45, 2.75) is 64.8 Å².